The van der Waals surface area contributed by atoms with E-state index in [2.05, 4.69) is 0 Å². The van der Waals surface area contributed by atoms with E-state index in [1.54, 1.807) is 18.9 Å². The van der Waals surface area contributed by atoms with Crippen LogP contribution in [0, 0.1) is 0 Å². The predicted octanol–water partition coefficient (Wildman–Crippen LogP) is 0.706. The van der Waals surface area contributed by atoms with Gasteiger partial charge in [-0.1, -0.05) is 0 Å². The van der Waals surface area contributed by atoms with Gasteiger partial charge in [-0.25, -0.2) is 0 Å². The number of hydrogen-bond donors (Lipinski definition) is 1. The molecule has 0 aromatic rings. The van der Waals surface area contributed by atoms with Crippen LogP contribution in [-0.2, 0) is 9.53 Å². The van der Waals surface area contributed by atoms with Crippen molar-refractivity contribution in [1.82, 2.24) is 0 Å². The molecule has 1 unspecified atom stereocenters. The standard InChI is InChI=1S/C8H16O3S/c1-11-5-3-8(7-10)12-6-2-4-9/h7-9H,2-6H2,1H3. The first kappa shape index (κ1) is 11.9. The SMILES string of the molecule is COCCC(C=O)SCCCO. The van der Waals surface area contributed by atoms with Gasteiger partial charge >= 0.3 is 0 Å². The molecule has 0 aliphatic heterocycles. The quantitative estimate of drug-likeness (QED) is 0.454. The Morgan fingerprint density at radius 1 is 1.67 bits per heavy atom. The van der Waals surface area contributed by atoms with Crippen molar-refractivity contribution in [2.24, 2.45) is 0 Å². The number of ether oxygens (including phenoxy) is 1. The molecular weight excluding hydrogens is 176 g/mol. The maximum absolute atomic E-state index is 10.5. The number of aldehydes is 1. The van der Waals surface area contributed by atoms with Crippen molar-refractivity contribution in [2.45, 2.75) is 18.1 Å². The smallest absolute Gasteiger partial charge is 0.133 e. The van der Waals surface area contributed by atoms with Crippen LogP contribution in [0.1, 0.15) is 12.8 Å². The Balaban J connectivity index is 3.32. The van der Waals surface area contributed by atoms with Gasteiger partial charge in [0.2, 0.25) is 0 Å². The van der Waals surface area contributed by atoms with Gasteiger partial charge in [0, 0.05) is 20.3 Å². The molecule has 0 bridgehead atoms. The highest BCUT2D eigenvalue weighted by atomic mass is 32.2. The van der Waals surface area contributed by atoms with Crippen molar-refractivity contribution < 1.29 is 14.6 Å². The van der Waals surface area contributed by atoms with Gasteiger partial charge in [-0.3, -0.25) is 0 Å². The number of aliphatic hydroxyl groups excluding tert-OH is 1. The summed E-state index contributed by atoms with van der Waals surface area (Å²) in [4.78, 5) is 10.5. The molecule has 0 aliphatic rings. The molecule has 4 heteroatoms. The molecule has 0 aromatic heterocycles. The van der Waals surface area contributed by atoms with Gasteiger partial charge in [0.25, 0.3) is 0 Å². The molecule has 0 spiro atoms. The van der Waals surface area contributed by atoms with Crippen LogP contribution >= 0.6 is 11.8 Å². The summed E-state index contributed by atoms with van der Waals surface area (Å²) in [6, 6.07) is 0. The topological polar surface area (TPSA) is 46.5 Å². The summed E-state index contributed by atoms with van der Waals surface area (Å²) in [6.07, 6.45) is 2.46. The Hall–Kier alpha value is -0.0600. The Labute approximate surface area is 77.5 Å². The van der Waals surface area contributed by atoms with Crippen LogP contribution < -0.4 is 0 Å². The van der Waals surface area contributed by atoms with E-state index in [4.69, 9.17) is 9.84 Å². The fourth-order valence-electron chi connectivity index (χ4n) is 0.724. The largest absolute Gasteiger partial charge is 0.396 e. The Bertz CT molecular complexity index is 108. The van der Waals surface area contributed by atoms with Crippen LogP contribution in [0.5, 0.6) is 0 Å². The maximum atomic E-state index is 10.5. The molecule has 72 valence electrons. The van der Waals surface area contributed by atoms with Crippen molar-refractivity contribution >= 4 is 18.0 Å². The van der Waals surface area contributed by atoms with Crippen LogP contribution in [0.3, 0.4) is 0 Å². The molecule has 0 radical (unpaired) electrons. The minimum Gasteiger partial charge on any atom is -0.396 e. The predicted molar refractivity (Wildman–Crippen MR) is 50.5 cm³/mol. The second-order valence-electron chi connectivity index (χ2n) is 2.40. The lowest BCUT2D eigenvalue weighted by Gasteiger charge is -2.07. The lowest BCUT2D eigenvalue weighted by molar-refractivity contribution is -0.107. The van der Waals surface area contributed by atoms with Crippen molar-refractivity contribution in [1.29, 1.82) is 0 Å². The number of hydrogen-bond acceptors (Lipinski definition) is 4. The average Bonchev–Trinajstić information content (AvgIpc) is 2.11. The molecule has 1 atom stereocenters. The van der Waals surface area contributed by atoms with E-state index in [-0.39, 0.29) is 11.9 Å². The molecule has 0 saturated heterocycles. The number of carbonyl (C=O) groups excluding carboxylic acids is 1. The first-order chi connectivity index (χ1) is 5.85. The zero-order valence-electron chi connectivity index (χ0n) is 7.36. The zero-order chi connectivity index (χ0) is 9.23. The summed E-state index contributed by atoms with van der Waals surface area (Å²) < 4.78 is 4.86. The van der Waals surface area contributed by atoms with Crippen molar-refractivity contribution in [3.8, 4) is 0 Å². The molecule has 12 heavy (non-hydrogen) atoms. The second kappa shape index (κ2) is 9.03. The Morgan fingerprint density at radius 3 is 2.92 bits per heavy atom. The third-order valence-corrected chi connectivity index (χ3v) is 2.69. The summed E-state index contributed by atoms with van der Waals surface area (Å²) in [5, 5.41) is 8.53. The number of carbonyl (C=O) groups is 1. The fraction of sp³-hybridized carbons (Fsp3) is 0.875. The van der Waals surface area contributed by atoms with Crippen LogP contribution in [-0.4, -0.2) is 42.7 Å². The molecule has 0 aromatic carbocycles. The highest BCUT2D eigenvalue weighted by molar-refractivity contribution is 8.00. The molecule has 0 fully saturated rings. The molecule has 0 saturated carbocycles. The Morgan fingerprint density at radius 2 is 2.42 bits per heavy atom. The highest BCUT2D eigenvalue weighted by Crippen LogP contribution is 2.13. The van der Waals surface area contributed by atoms with Gasteiger partial charge < -0.3 is 14.6 Å². The maximum Gasteiger partial charge on any atom is 0.133 e. The number of methoxy groups -OCH3 is 1. The zero-order valence-corrected chi connectivity index (χ0v) is 8.18. The summed E-state index contributed by atoms with van der Waals surface area (Å²) in [6.45, 7) is 0.818. The van der Waals surface area contributed by atoms with Gasteiger partial charge in [-0.15, -0.1) is 0 Å². The summed E-state index contributed by atoms with van der Waals surface area (Å²) in [5.41, 5.74) is 0. The Kier molecular flexibility index (Phi) is 8.99. The van der Waals surface area contributed by atoms with Crippen LogP contribution in [0.4, 0.5) is 0 Å². The monoisotopic (exact) mass is 192 g/mol. The van der Waals surface area contributed by atoms with E-state index in [9.17, 15) is 4.79 Å². The molecular formula is C8H16O3S. The lowest BCUT2D eigenvalue weighted by atomic mass is 10.3. The minimum atomic E-state index is 0.0245. The van der Waals surface area contributed by atoms with Gasteiger partial charge in [0.15, 0.2) is 0 Å². The van der Waals surface area contributed by atoms with E-state index in [0.29, 0.717) is 6.61 Å². The van der Waals surface area contributed by atoms with Crippen molar-refractivity contribution in [2.75, 3.05) is 26.1 Å². The first-order valence-corrected chi connectivity index (χ1v) is 5.06. The second-order valence-corrected chi connectivity index (χ2v) is 3.75. The average molecular weight is 192 g/mol. The van der Waals surface area contributed by atoms with Gasteiger partial charge in [-0.05, 0) is 18.6 Å². The van der Waals surface area contributed by atoms with Crippen LogP contribution in [0.15, 0.2) is 0 Å². The summed E-state index contributed by atoms with van der Waals surface area (Å²) in [5.74, 6) is 0.837. The third kappa shape index (κ3) is 6.64. The van der Waals surface area contributed by atoms with Gasteiger partial charge in [0.1, 0.15) is 6.29 Å². The molecule has 1 N–H and O–H groups in total. The van der Waals surface area contributed by atoms with Crippen LogP contribution in [0.2, 0.25) is 0 Å². The number of thioether (sulfide) groups is 1. The van der Waals surface area contributed by atoms with E-state index < -0.39 is 0 Å². The summed E-state index contributed by atoms with van der Waals surface area (Å²) in [7, 11) is 1.63. The normalized spacial score (nSPS) is 12.8. The third-order valence-electron chi connectivity index (χ3n) is 1.39. The van der Waals surface area contributed by atoms with E-state index in [1.165, 1.54) is 0 Å². The number of aliphatic hydroxyl groups is 1. The number of rotatable bonds is 8. The van der Waals surface area contributed by atoms with E-state index in [0.717, 1.165) is 24.9 Å². The molecule has 0 heterocycles. The molecule has 0 amide bonds. The van der Waals surface area contributed by atoms with Crippen LogP contribution in [0.25, 0.3) is 0 Å². The lowest BCUT2D eigenvalue weighted by Crippen LogP contribution is -2.09. The van der Waals surface area contributed by atoms with Crippen molar-refractivity contribution in [3.05, 3.63) is 0 Å². The van der Waals surface area contributed by atoms with Gasteiger partial charge in [-0.2, -0.15) is 11.8 Å². The van der Waals surface area contributed by atoms with E-state index >= 15 is 0 Å². The van der Waals surface area contributed by atoms with E-state index in [1.807, 2.05) is 0 Å². The minimum absolute atomic E-state index is 0.0245. The summed E-state index contributed by atoms with van der Waals surface area (Å²) >= 11 is 1.58. The molecule has 0 aliphatic carbocycles. The fourth-order valence-corrected chi connectivity index (χ4v) is 1.66. The van der Waals surface area contributed by atoms with Gasteiger partial charge in [0.05, 0.1) is 5.25 Å². The highest BCUT2D eigenvalue weighted by Gasteiger charge is 2.06. The molecule has 3 nitrogen and oxygen atoms in total. The first-order valence-electron chi connectivity index (χ1n) is 4.01. The molecule has 0 rings (SSSR count). The van der Waals surface area contributed by atoms with Crippen molar-refractivity contribution in [3.63, 3.8) is 0 Å².